The van der Waals surface area contributed by atoms with Crippen LogP contribution in [-0.2, 0) is 0 Å². The first-order valence-electron chi connectivity index (χ1n) is 3.84. The van der Waals surface area contributed by atoms with Crippen molar-refractivity contribution in [2.24, 2.45) is 0 Å². The molecular weight excluding hydrogens is 120 g/mol. The minimum absolute atomic E-state index is 1.20. The summed E-state index contributed by atoms with van der Waals surface area (Å²) in [5, 5.41) is 0. The fraction of sp³-hybridized carbons (Fsp3) is 0.400. The Morgan fingerprint density at radius 1 is 1.40 bits per heavy atom. The number of allylic oxidation sites excluding steroid dienone is 5. The summed E-state index contributed by atoms with van der Waals surface area (Å²) in [5.41, 5.74) is 2.70. The molecule has 10 heavy (non-hydrogen) atoms. The average molecular weight is 134 g/mol. The lowest BCUT2D eigenvalue weighted by molar-refractivity contribution is 0.874. The number of rotatable bonds is 1. The van der Waals surface area contributed by atoms with Gasteiger partial charge in [0.15, 0.2) is 0 Å². The second-order valence-corrected chi connectivity index (χ2v) is 2.68. The molecule has 0 unspecified atom stereocenters. The molecule has 0 aromatic carbocycles. The number of hydrogen-bond acceptors (Lipinski definition) is 0. The molecule has 1 aliphatic rings. The van der Waals surface area contributed by atoms with Gasteiger partial charge in [-0.1, -0.05) is 24.8 Å². The number of hydrogen-bond donors (Lipinski definition) is 0. The van der Waals surface area contributed by atoms with Gasteiger partial charge < -0.3 is 0 Å². The molecule has 1 rings (SSSR count). The van der Waals surface area contributed by atoms with E-state index < -0.39 is 0 Å². The Hall–Kier alpha value is -0.780. The van der Waals surface area contributed by atoms with Crippen molar-refractivity contribution in [1.82, 2.24) is 0 Å². The van der Waals surface area contributed by atoms with Gasteiger partial charge in [0.1, 0.15) is 0 Å². The van der Waals surface area contributed by atoms with Crippen molar-refractivity contribution in [3.05, 3.63) is 36.0 Å². The van der Waals surface area contributed by atoms with Crippen molar-refractivity contribution >= 4 is 0 Å². The minimum Gasteiger partial charge on any atom is -0.0985 e. The Balaban J connectivity index is 2.80. The lowest BCUT2D eigenvalue weighted by Gasteiger charge is -1.97. The third kappa shape index (κ3) is 1.60. The molecule has 0 fully saturated rings. The quantitative estimate of drug-likeness (QED) is 0.516. The van der Waals surface area contributed by atoms with Crippen LogP contribution in [0.2, 0.25) is 0 Å². The van der Waals surface area contributed by atoms with Crippen LogP contribution >= 0.6 is 0 Å². The van der Waals surface area contributed by atoms with Crippen molar-refractivity contribution < 1.29 is 0 Å². The van der Waals surface area contributed by atoms with Crippen molar-refractivity contribution in [1.29, 1.82) is 0 Å². The van der Waals surface area contributed by atoms with Crippen molar-refractivity contribution in [3.63, 3.8) is 0 Å². The van der Waals surface area contributed by atoms with Crippen LogP contribution in [0.15, 0.2) is 36.0 Å². The van der Waals surface area contributed by atoms with Gasteiger partial charge in [-0.2, -0.15) is 0 Å². The molecule has 54 valence electrons. The predicted molar refractivity (Wildman–Crippen MR) is 45.9 cm³/mol. The van der Waals surface area contributed by atoms with Crippen molar-refractivity contribution in [3.8, 4) is 0 Å². The summed E-state index contributed by atoms with van der Waals surface area (Å²) < 4.78 is 0. The van der Waals surface area contributed by atoms with Gasteiger partial charge in [-0.05, 0) is 37.3 Å². The van der Waals surface area contributed by atoms with Gasteiger partial charge in [0, 0.05) is 0 Å². The van der Waals surface area contributed by atoms with E-state index in [9.17, 15) is 0 Å². The van der Waals surface area contributed by atoms with Gasteiger partial charge in [0.25, 0.3) is 0 Å². The van der Waals surface area contributed by atoms with Crippen LogP contribution in [0.25, 0.3) is 0 Å². The fourth-order valence-corrected chi connectivity index (χ4v) is 1.22. The lowest BCUT2D eigenvalue weighted by Crippen LogP contribution is -1.77. The van der Waals surface area contributed by atoms with Crippen LogP contribution in [0.3, 0.4) is 0 Å². The van der Waals surface area contributed by atoms with E-state index in [-0.39, 0.29) is 0 Å². The largest absolute Gasteiger partial charge is 0.0985 e. The van der Waals surface area contributed by atoms with Crippen LogP contribution in [0.4, 0.5) is 0 Å². The van der Waals surface area contributed by atoms with Crippen molar-refractivity contribution in [2.45, 2.75) is 26.2 Å². The molecule has 0 N–H and O–H groups in total. The fourth-order valence-electron chi connectivity index (χ4n) is 1.22. The third-order valence-corrected chi connectivity index (χ3v) is 1.90. The molecule has 0 heteroatoms. The van der Waals surface area contributed by atoms with Gasteiger partial charge in [-0.15, -0.1) is 0 Å². The van der Waals surface area contributed by atoms with E-state index in [2.05, 4.69) is 25.7 Å². The Morgan fingerprint density at radius 3 is 2.80 bits per heavy atom. The predicted octanol–water partition coefficient (Wildman–Crippen LogP) is 3.23. The smallest absolute Gasteiger partial charge is 0.0276 e. The first kappa shape index (κ1) is 7.33. The average Bonchev–Trinajstić information content (AvgIpc) is 2.13. The molecule has 0 atom stereocenters. The lowest BCUT2D eigenvalue weighted by atomic mass is 10.1. The highest BCUT2D eigenvalue weighted by molar-refractivity contribution is 5.37. The van der Waals surface area contributed by atoms with E-state index >= 15 is 0 Å². The molecule has 0 spiro atoms. The minimum atomic E-state index is 1.20. The van der Waals surface area contributed by atoms with Gasteiger partial charge in [-0.25, -0.2) is 0 Å². The summed E-state index contributed by atoms with van der Waals surface area (Å²) in [4.78, 5) is 0. The van der Waals surface area contributed by atoms with E-state index in [1.165, 1.54) is 30.4 Å². The van der Waals surface area contributed by atoms with Crippen LogP contribution in [0.5, 0.6) is 0 Å². The SMILES string of the molecule is C=CC1=CCCCC=C1C. The Kier molecular flexibility index (Phi) is 2.49. The maximum Gasteiger partial charge on any atom is -0.0276 e. The van der Waals surface area contributed by atoms with E-state index in [1.54, 1.807) is 0 Å². The maximum absolute atomic E-state index is 3.77. The molecule has 0 saturated heterocycles. The summed E-state index contributed by atoms with van der Waals surface area (Å²) in [6, 6.07) is 0. The van der Waals surface area contributed by atoms with E-state index in [1.807, 2.05) is 6.08 Å². The summed E-state index contributed by atoms with van der Waals surface area (Å²) in [6.45, 7) is 5.92. The zero-order chi connectivity index (χ0) is 7.40. The first-order chi connectivity index (χ1) is 4.84. The molecule has 0 amide bonds. The zero-order valence-corrected chi connectivity index (χ0v) is 6.56. The van der Waals surface area contributed by atoms with Gasteiger partial charge >= 0.3 is 0 Å². The molecule has 0 heterocycles. The summed E-state index contributed by atoms with van der Waals surface area (Å²) >= 11 is 0. The van der Waals surface area contributed by atoms with E-state index in [4.69, 9.17) is 0 Å². The van der Waals surface area contributed by atoms with E-state index in [0.717, 1.165) is 0 Å². The Bertz CT molecular complexity index is 182. The van der Waals surface area contributed by atoms with Gasteiger partial charge in [0.05, 0.1) is 0 Å². The van der Waals surface area contributed by atoms with Crippen molar-refractivity contribution in [2.75, 3.05) is 0 Å². The summed E-state index contributed by atoms with van der Waals surface area (Å²) in [7, 11) is 0. The van der Waals surface area contributed by atoms with Gasteiger partial charge in [0.2, 0.25) is 0 Å². The maximum atomic E-state index is 3.77. The monoisotopic (exact) mass is 134 g/mol. The van der Waals surface area contributed by atoms with Crippen LogP contribution in [0.1, 0.15) is 26.2 Å². The highest BCUT2D eigenvalue weighted by Gasteiger charge is 1.97. The third-order valence-electron chi connectivity index (χ3n) is 1.90. The molecule has 0 radical (unpaired) electrons. The molecule has 1 aliphatic carbocycles. The second-order valence-electron chi connectivity index (χ2n) is 2.68. The van der Waals surface area contributed by atoms with Crippen LogP contribution < -0.4 is 0 Å². The topological polar surface area (TPSA) is 0 Å². The molecular formula is C10H14. The van der Waals surface area contributed by atoms with Crippen LogP contribution in [0, 0.1) is 0 Å². The second kappa shape index (κ2) is 3.40. The molecule has 0 nitrogen and oxygen atoms in total. The van der Waals surface area contributed by atoms with Gasteiger partial charge in [-0.3, -0.25) is 0 Å². The highest BCUT2D eigenvalue weighted by atomic mass is 14.0. The highest BCUT2D eigenvalue weighted by Crippen LogP contribution is 2.17. The normalized spacial score (nSPS) is 18.9. The first-order valence-corrected chi connectivity index (χ1v) is 3.84. The Morgan fingerprint density at radius 2 is 2.10 bits per heavy atom. The molecule has 0 aliphatic heterocycles. The zero-order valence-electron chi connectivity index (χ0n) is 6.56. The Labute approximate surface area is 62.9 Å². The summed E-state index contributed by atoms with van der Waals surface area (Å²) in [5.74, 6) is 0. The molecule has 0 saturated carbocycles. The molecule has 0 aromatic heterocycles. The molecule has 0 bridgehead atoms. The molecule has 0 aromatic rings. The van der Waals surface area contributed by atoms with Crippen LogP contribution in [-0.4, -0.2) is 0 Å². The standard InChI is InChI=1S/C10H14/c1-3-10-8-6-4-5-7-9(10)2/h3,7-8H,1,4-6H2,2H3. The van der Waals surface area contributed by atoms with E-state index in [0.29, 0.717) is 0 Å². The summed E-state index contributed by atoms with van der Waals surface area (Å²) in [6.07, 6.45) is 10.2.